The number of nitrogens with zero attached hydrogens (tertiary/aromatic N) is 1. The highest BCUT2D eigenvalue weighted by atomic mass is 19.1. The van der Waals surface area contributed by atoms with Crippen molar-refractivity contribution in [1.82, 2.24) is 9.97 Å². The van der Waals surface area contributed by atoms with Gasteiger partial charge in [-0.05, 0) is 6.07 Å². The van der Waals surface area contributed by atoms with Gasteiger partial charge in [-0.25, -0.2) is 14.2 Å². The van der Waals surface area contributed by atoms with Crippen molar-refractivity contribution >= 4 is 10.9 Å². The molecule has 0 aliphatic rings. The zero-order valence-corrected chi connectivity index (χ0v) is 6.04. The van der Waals surface area contributed by atoms with Crippen LogP contribution in [0.15, 0.2) is 29.2 Å². The lowest BCUT2D eigenvalue weighted by Gasteiger charge is -1.95. The zero-order valence-electron chi connectivity index (χ0n) is 6.04. The Bertz CT molecular complexity index is 478. The lowest BCUT2D eigenvalue weighted by atomic mass is 10.2. The van der Waals surface area contributed by atoms with Crippen LogP contribution in [0, 0.1) is 5.82 Å². The summed E-state index contributed by atoms with van der Waals surface area (Å²) in [5.41, 5.74) is -0.329. The minimum absolute atomic E-state index is 0.206. The fourth-order valence-corrected chi connectivity index (χ4v) is 1.05. The Morgan fingerprint density at radius 2 is 2.25 bits per heavy atom. The molecule has 3 nitrogen and oxygen atoms in total. The van der Waals surface area contributed by atoms with Gasteiger partial charge in [-0.2, -0.15) is 0 Å². The van der Waals surface area contributed by atoms with Crippen molar-refractivity contribution in [1.29, 1.82) is 0 Å². The van der Waals surface area contributed by atoms with Crippen LogP contribution in [-0.4, -0.2) is 9.97 Å². The number of nitrogens with one attached hydrogen (secondary N) is 1. The second-order valence-electron chi connectivity index (χ2n) is 2.39. The minimum atomic E-state index is -0.535. The van der Waals surface area contributed by atoms with Crippen LogP contribution < -0.4 is 5.69 Å². The summed E-state index contributed by atoms with van der Waals surface area (Å²) in [7, 11) is 0. The highest BCUT2D eigenvalue weighted by Gasteiger charge is 1.99. The summed E-state index contributed by atoms with van der Waals surface area (Å²) in [5.74, 6) is -0.438. The van der Waals surface area contributed by atoms with Crippen molar-refractivity contribution in [3.05, 3.63) is 40.7 Å². The van der Waals surface area contributed by atoms with Crippen molar-refractivity contribution in [3.8, 4) is 0 Å². The summed E-state index contributed by atoms with van der Waals surface area (Å²) in [4.78, 5) is 16.5. The number of H-pyrrole nitrogens is 1. The van der Waals surface area contributed by atoms with E-state index in [0.717, 1.165) is 0 Å². The zero-order chi connectivity index (χ0) is 8.55. The SMILES string of the molecule is O=c1ncc2cccc(F)c2[nH]1. The maximum Gasteiger partial charge on any atom is 0.345 e. The van der Waals surface area contributed by atoms with Gasteiger partial charge in [0.05, 0.1) is 5.52 Å². The second-order valence-corrected chi connectivity index (χ2v) is 2.39. The Morgan fingerprint density at radius 1 is 1.42 bits per heavy atom. The van der Waals surface area contributed by atoms with E-state index in [1.807, 2.05) is 0 Å². The molecule has 0 aliphatic heterocycles. The molecule has 2 rings (SSSR count). The van der Waals surface area contributed by atoms with Crippen LogP contribution in [0.4, 0.5) is 4.39 Å². The van der Waals surface area contributed by atoms with Crippen molar-refractivity contribution in [2.45, 2.75) is 0 Å². The molecule has 0 bridgehead atoms. The number of fused-ring (bicyclic) bond motifs is 1. The first-order valence-corrected chi connectivity index (χ1v) is 3.41. The van der Waals surface area contributed by atoms with E-state index in [4.69, 9.17) is 0 Å². The molecule has 12 heavy (non-hydrogen) atoms. The van der Waals surface area contributed by atoms with Crippen molar-refractivity contribution in [3.63, 3.8) is 0 Å². The van der Waals surface area contributed by atoms with E-state index in [9.17, 15) is 9.18 Å². The molecule has 60 valence electrons. The lowest BCUT2D eigenvalue weighted by molar-refractivity contribution is 0.636. The quantitative estimate of drug-likeness (QED) is 0.632. The monoisotopic (exact) mass is 164 g/mol. The normalized spacial score (nSPS) is 10.4. The van der Waals surface area contributed by atoms with Gasteiger partial charge >= 0.3 is 5.69 Å². The Balaban J connectivity index is 2.97. The Hall–Kier alpha value is -1.71. The first-order valence-electron chi connectivity index (χ1n) is 3.41. The molecule has 0 saturated heterocycles. The molecule has 0 aliphatic carbocycles. The predicted molar refractivity (Wildman–Crippen MR) is 42.3 cm³/mol. The molecule has 0 radical (unpaired) electrons. The number of para-hydroxylation sites is 1. The maximum atomic E-state index is 13.0. The third kappa shape index (κ3) is 0.972. The molecule has 0 amide bonds. The Morgan fingerprint density at radius 3 is 3.08 bits per heavy atom. The summed E-state index contributed by atoms with van der Waals surface area (Å²) < 4.78 is 13.0. The van der Waals surface area contributed by atoms with Crippen LogP contribution in [0.3, 0.4) is 0 Å². The largest absolute Gasteiger partial charge is 0.345 e. The van der Waals surface area contributed by atoms with Gasteiger partial charge in [0, 0.05) is 11.6 Å². The molecule has 0 unspecified atom stereocenters. The van der Waals surface area contributed by atoms with E-state index in [1.165, 1.54) is 12.3 Å². The van der Waals surface area contributed by atoms with E-state index in [-0.39, 0.29) is 5.52 Å². The molecule has 1 N–H and O–H groups in total. The van der Waals surface area contributed by atoms with Crippen LogP contribution in [-0.2, 0) is 0 Å². The summed E-state index contributed by atoms with van der Waals surface area (Å²) in [6.45, 7) is 0. The molecule has 0 saturated carbocycles. The first-order chi connectivity index (χ1) is 5.77. The van der Waals surface area contributed by atoms with E-state index in [0.29, 0.717) is 5.39 Å². The van der Waals surface area contributed by atoms with Gasteiger partial charge in [0.15, 0.2) is 0 Å². The average molecular weight is 164 g/mol. The lowest BCUT2D eigenvalue weighted by Crippen LogP contribution is -2.09. The average Bonchev–Trinajstić information content (AvgIpc) is 2.07. The molecule has 0 spiro atoms. The topological polar surface area (TPSA) is 45.8 Å². The number of rotatable bonds is 0. The van der Waals surface area contributed by atoms with E-state index < -0.39 is 11.5 Å². The number of benzene rings is 1. The second kappa shape index (κ2) is 2.41. The van der Waals surface area contributed by atoms with Crippen molar-refractivity contribution in [2.75, 3.05) is 0 Å². The maximum absolute atomic E-state index is 13.0. The highest BCUT2D eigenvalue weighted by Crippen LogP contribution is 2.11. The van der Waals surface area contributed by atoms with E-state index in [2.05, 4.69) is 9.97 Å². The molecular weight excluding hydrogens is 159 g/mol. The number of hydrogen-bond acceptors (Lipinski definition) is 2. The fraction of sp³-hybridized carbons (Fsp3) is 0. The molecule has 4 heteroatoms. The Kier molecular flexibility index (Phi) is 1.40. The molecule has 1 aromatic carbocycles. The van der Waals surface area contributed by atoms with E-state index >= 15 is 0 Å². The number of aromatic amines is 1. The van der Waals surface area contributed by atoms with E-state index in [1.54, 1.807) is 12.1 Å². The highest BCUT2D eigenvalue weighted by molar-refractivity contribution is 5.77. The van der Waals surface area contributed by atoms with Gasteiger partial charge in [0.1, 0.15) is 5.82 Å². The van der Waals surface area contributed by atoms with Crippen LogP contribution in [0.5, 0.6) is 0 Å². The molecule has 0 atom stereocenters. The summed E-state index contributed by atoms with van der Waals surface area (Å²) in [6, 6.07) is 4.54. The third-order valence-electron chi connectivity index (χ3n) is 1.60. The third-order valence-corrected chi connectivity index (χ3v) is 1.60. The van der Waals surface area contributed by atoms with Gasteiger partial charge in [-0.15, -0.1) is 0 Å². The number of hydrogen-bond donors (Lipinski definition) is 1. The fourth-order valence-electron chi connectivity index (χ4n) is 1.05. The smallest absolute Gasteiger partial charge is 0.303 e. The summed E-state index contributed by atoms with van der Waals surface area (Å²) in [5, 5.41) is 0.592. The van der Waals surface area contributed by atoms with Gasteiger partial charge < -0.3 is 4.98 Å². The van der Waals surface area contributed by atoms with Gasteiger partial charge in [-0.3, -0.25) is 0 Å². The molecule has 2 aromatic rings. The van der Waals surface area contributed by atoms with Crippen molar-refractivity contribution in [2.24, 2.45) is 0 Å². The molecule has 1 aromatic heterocycles. The molecular formula is C8H5FN2O. The number of halogens is 1. The molecule has 0 fully saturated rings. The Labute approximate surface area is 66.9 Å². The molecule has 1 heterocycles. The van der Waals surface area contributed by atoms with Crippen LogP contribution in [0.25, 0.3) is 10.9 Å². The summed E-state index contributed by atoms with van der Waals surface area (Å²) >= 11 is 0. The predicted octanol–water partition coefficient (Wildman–Crippen LogP) is 1.06. The minimum Gasteiger partial charge on any atom is -0.303 e. The summed E-state index contributed by atoms with van der Waals surface area (Å²) in [6.07, 6.45) is 1.34. The van der Waals surface area contributed by atoms with Gasteiger partial charge in [0.2, 0.25) is 0 Å². The first kappa shape index (κ1) is 6.97. The standard InChI is InChI=1S/C8H5FN2O/c9-6-3-1-2-5-4-10-8(12)11-7(5)6/h1-4H,(H,10,11,12). The van der Waals surface area contributed by atoms with Crippen LogP contribution in [0.1, 0.15) is 0 Å². The van der Waals surface area contributed by atoms with Crippen LogP contribution in [0.2, 0.25) is 0 Å². The van der Waals surface area contributed by atoms with Gasteiger partial charge in [0.25, 0.3) is 0 Å². The van der Waals surface area contributed by atoms with Gasteiger partial charge in [-0.1, -0.05) is 12.1 Å². The number of aromatic nitrogens is 2. The van der Waals surface area contributed by atoms with Crippen LogP contribution >= 0.6 is 0 Å². The van der Waals surface area contributed by atoms with Crippen molar-refractivity contribution < 1.29 is 4.39 Å².